The fraction of sp³-hybridized carbons (Fsp3) is 0.0625. The predicted molar refractivity (Wildman–Crippen MR) is 82.6 cm³/mol. The Morgan fingerprint density at radius 2 is 1.87 bits per heavy atom. The number of imidazole rings is 1. The lowest BCUT2D eigenvalue weighted by atomic mass is 10.2. The Labute approximate surface area is 130 Å². The van der Waals surface area contributed by atoms with Crippen molar-refractivity contribution in [2.45, 2.75) is 6.92 Å². The van der Waals surface area contributed by atoms with E-state index in [0.717, 1.165) is 0 Å². The Balaban J connectivity index is 2.21. The van der Waals surface area contributed by atoms with Gasteiger partial charge >= 0.3 is 0 Å². The quantitative estimate of drug-likeness (QED) is 0.421. The van der Waals surface area contributed by atoms with Crippen LogP contribution in [0.2, 0.25) is 0 Å². The Kier molecular flexibility index (Phi) is 3.46. The van der Waals surface area contributed by atoms with Crippen molar-refractivity contribution in [3.05, 3.63) is 70.0 Å². The Bertz CT molecular complexity index is 959. The predicted octanol–water partition coefficient (Wildman–Crippen LogP) is 2.84. The molecule has 0 aliphatic rings. The number of hydrogen-bond donors (Lipinski definition) is 0. The molecule has 1 heterocycles. The maximum atomic E-state index is 12.8. The molecule has 0 amide bonds. The normalized spacial score (nSPS) is 10.7. The number of Topliss-reactive ketones (excluding diaryl/α,β-unsaturated/α-hetero) is 1. The molecule has 0 bridgehead atoms. The summed E-state index contributed by atoms with van der Waals surface area (Å²) in [6, 6.07) is 12.2. The minimum atomic E-state index is -0.575. The molecule has 3 rings (SSSR count). The summed E-state index contributed by atoms with van der Waals surface area (Å²) < 4.78 is 1.19. The van der Waals surface area contributed by atoms with Crippen LogP contribution in [-0.4, -0.2) is 26.2 Å². The molecule has 7 nitrogen and oxygen atoms in total. The third-order valence-corrected chi connectivity index (χ3v) is 3.38. The monoisotopic (exact) mass is 309 g/mol. The van der Waals surface area contributed by atoms with Crippen LogP contribution in [-0.2, 0) is 0 Å². The lowest BCUT2D eigenvalue weighted by Crippen LogP contribution is -2.17. The van der Waals surface area contributed by atoms with Crippen LogP contribution in [0.1, 0.15) is 27.9 Å². The summed E-state index contributed by atoms with van der Waals surface area (Å²) in [5.74, 6) is -0.893. The number of fused-ring (bicyclic) bond motifs is 1. The lowest BCUT2D eigenvalue weighted by Gasteiger charge is -2.06. The van der Waals surface area contributed by atoms with E-state index in [9.17, 15) is 19.7 Å². The first-order valence-corrected chi connectivity index (χ1v) is 6.76. The first kappa shape index (κ1) is 14.6. The SMILES string of the molecule is CC(=O)c1nc2ccccc2n1C(=O)c1cccc([N+](=O)[O-])c1. The number of carbonyl (C=O) groups excluding carboxylic acids is 2. The highest BCUT2D eigenvalue weighted by atomic mass is 16.6. The van der Waals surface area contributed by atoms with Crippen LogP contribution in [0.5, 0.6) is 0 Å². The number of ketones is 1. The Morgan fingerprint density at radius 1 is 1.13 bits per heavy atom. The lowest BCUT2D eigenvalue weighted by molar-refractivity contribution is -0.384. The third-order valence-electron chi connectivity index (χ3n) is 3.38. The van der Waals surface area contributed by atoms with Crippen molar-refractivity contribution >= 4 is 28.4 Å². The van der Waals surface area contributed by atoms with Gasteiger partial charge in [0.1, 0.15) is 0 Å². The molecule has 0 unspecified atom stereocenters. The van der Waals surface area contributed by atoms with Gasteiger partial charge in [0.05, 0.1) is 16.0 Å². The molecule has 1 aromatic heterocycles. The van der Waals surface area contributed by atoms with Crippen molar-refractivity contribution in [3.63, 3.8) is 0 Å². The second-order valence-electron chi connectivity index (χ2n) is 4.93. The zero-order valence-corrected chi connectivity index (χ0v) is 12.1. The molecular formula is C16H11N3O4. The van der Waals surface area contributed by atoms with E-state index in [0.29, 0.717) is 11.0 Å². The number of para-hydroxylation sites is 2. The van der Waals surface area contributed by atoms with E-state index in [2.05, 4.69) is 4.98 Å². The topological polar surface area (TPSA) is 95.1 Å². The van der Waals surface area contributed by atoms with Gasteiger partial charge in [0.25, 0.3) is 11.6 Å². The molecule has 0 atom stereocenters. The highest BCUT2D eigenvalue weighted by molar-refractivity contribution is 6.07. The zero-order chi connectivity index (χ0) is 16.6. The van der Waals surface area contributed by atoms with E-state index < -0.39 is 10.8 Å². The van der Waals surface area contributed by atoms with Crippen molar-refractivity contribution < 1.29 is 14.5 Å². The van der Waals surface area contributed by atoms with E-state index in [4.69, 9.17) is 0 Å². The average molecular weight is 309 g/mol. The summed E-state index contributed by atoms with van der Waals surface area (Å²) >= 11 is 0. The van der Waals surface area contributed by atoms with E-state index in [1.54, 1.807) is 24.3 Å². The van der Waals surface area contributed by atoms with Crippen LogP contribution in [0.4, 0.5) is 5.69 Å². The van der Waals surface area contributed by atoms with Crippen molar-refractivity contribution in [1.29, 1.82) is 0 Å². The van der Waals surface area contributed by atoms with Gasteiger partial charge in [-0.1, -0.05) is 18.2 Å². The van der Waals surface area contributed by atoms with Gasteiger partial charge in [0, 0.05) is 24.6 Å². The number of hydrogen-bond acceptors (Lipinski definition) is 5. The number of aromatic nitrogens is 2. The summed E-state index contributed by atoms with van der Waals surface area (Å²) in [4.78, 5) is 39.0. The smallest absolute Gasteiger partial charge is 0.270 e. The first-order chi connectivity index (χ1) is 11.0. The van der Waals surface area contributed by atoms with E-state index in [1.165, 1.54) is 35.8 Å². The van der Waals surface area contributed by atoms with Crippen LogP contribution in [0.25, 0.3) is 11.0 Å². The van der Waals surface area contributed by atoms with Crippen LogP contribution in [0, 0.1) is 10.1 Å². The maximum Gasteiger partial charge on any atom is 0.270 e. The molecule has 0 aliphatic carbocycles. The molecule has 0 fully saturated rings. The van der Waals surface area contributed by atoms with Crippen molar-refractivity contribution in [3.8, 4) is 0 Å². The van der Waals surface area contributed by atoms with Gasteiger partial charge in [-0.3, -0.25) is 24.3 Å². The van der Waals surface area contributed by atoms with Crippen LogP contribution < -0.4 is 0 Å². The van der Waals surface area contributed by atoms with Gasteiger partial charge in [-0.25, -0.2) is 4.98 Å². The molecular weight excluding hydrogens is 298 g/mol. The van der Waals surface area contributed by atoms with Gasteiger partial charge in [0.2, 0.25) is 0 Å². The molecule has 0 saturated carbocycles. The van der Waals surface area contributed by atoms with Gasteiger partial charge in [0.15, 0.2) is 11.6 Å². The van der Waals surface area contributed by atoms with Crippen LogP contribution in [0.15, 0.2) is 48.5 Å². The summed E-state index contributed by atoms with van der Waals surface area (Å²) in [7, 11) is 0. The molecule has 0 aliphatic heterocycles. The number of benzene rings is 2. The van der Waals surface area contributed by atoms with Crippen LogP contribution >= 0.6 is 0 Å². The molecule has 0 N–H and O–H groups in total. The molecule has 2 aromatic carbocycles. The molecule has 0 saturated heterocycles. The largest absolute Gasteiger partial charge is 0.291 e. The Hall–Kier alpha value is -3.35. The van der Waals surface area contributed by atoms with Crippen LogP contribution in [0.3, 0.4) is 0 Å². The second-order valence-corrected chi connectivity index (χ2v) is 4.93. The average Bonchev–Trinajstić information content (AvgIpc) is 2.94. The maximum absolute atomic E-state index is 12.8. The number of carbonyl (C=O) groups is 2. The van der Waals surface area contributed by atoms with Gasteiger partial charge in [-0.2, -0.15) is 0 Å². The van der Waals surface area contributed by atoms with Gasteiger partial charge < -0.3 is 0 Å². The highest BCUT2D eigenvalue weighted by Gasteiger charge is 2.21. The minimum Gasteiger partial charge on any atom is -0.291 e. The number of nitro groups is 1. The number of rotatable bonds is 3. The fourth-order valence-corrected chi connectivity index (χ4v) is 2.35. The van der Waals surface area contributed by atoms with Crippen molar-refractivity contribution in [2.24, 2.45) is 0 Å². The zero-order valence-electron chi connectivity index (χ0n) is 12.1. The summed E-state index contributed by atoms with van der Waals surface area (Å²) in [5.41, 5.74) is 0.917. The van der Waals surface area contributed by atoms with Crippen molar-refractivity contribution in [2.75, 3.05) is 0 Å². The summed E-state index contributed by atoms with van der Waals surface area (Å²) in [6.07, 6.45) is 0. The molecule has 0 radical (unpaired) electrons. The van der Waals surface area contributed by atoms with Crippen molar-refractivity contribution in [1.82, 2.24) is 9.55 Å². The fourth-order valence-electron chi connectivity index (χ4n) is 2.35. The third kappa shape index (κ3) is 2.48. The minimum absolute atomic E-state index is 0.00251. The van der Waals surface area contributed by atoms with Gasteiger partial charge in [-0.15, -0.1) is 0 Å². The highest BCUT2D eigenvalue weighted by Crippen LogP contribution is 2.20. The van der Waals surface area contributed by atoms with E-state index in [1.807, 2.05) is 0 Å². The molecule has 7 heteroatoms. The van der Waals surface area contributed by atoms with Gasteiger partial charge in [-0.05, 0) is 18.2 Å². The first-order valence-electron chi connectivity index (χ1n) is 6.76. The number of nitro benzene ring substituents is 1. The molecule has 0 spiro atoms. The van der Waals surface area contributed by atoms with E-state index >= 15 is 0 Å². The second kappa shape index (κ2) is 5.45. The number of nitrogens with zero attached hydrogens (tertiary/aromatic N) is 3. The summed E-state index contributed by atoms with van der Waals surface area (Å²) in [6.45, 7) is 1.32. The molecule has 23 heavy (non-hydrogen) atoms. The molecule has 114 valence electrons. The Morgan fingerprint density at radius 3 is 2.57 bits per heavy atom. The number of non-ortho nitro benzene ring substituents is 1. The standard InChI is InChI=1S/C16H11N3O4/c1-10(20)15-17-13-7-2-3-8-14(13)18(15)16(21)11-5-4-6-12(9-11)19(22)23/h2-9H,1H3. The molecule has 3 aromatic rings. The van der Waals surface area contributed by atoms with E-state index in [-0.39, 0.29) is 22.9 Å². The summed E-state index contributed by atoms with van der Waals surface area (Å²) in [5, 5.41) is 10.9.